The molecule has 1 aromatic rings. The summed E-state index contributed by atoms with van der Waals surface area (Å²) in [5.41, 5.74) is 1.74. The number of rotatable bonds is 6. The molecule has 1 aliphatic heterocycles. The first-order valence-electron chi connectivity index (χ1n) is 7.59. The van der Waals surface area contributed by atoms with E-state index in [-0.39, 0.29) is 10.8 Å². The van der Waals surface area contributed by atoms with Crippen molar-refractivity contribution in [2.24, 2.45) is 5.92 Å². The number of nitrogens with one attached hydrogen (secondary N) is 2. The van der Waals surface area contributed by atoms with Gasteiger partial charge in [-0.2, -0.15) is 0 Å². The van der Waals surface area contributed by atoms with Crippen molar-refractivity contribution < 1.29 is 13.2 Å². The lowest BCUT2D eigenvalue weighted by molar-refractivity contribution is -0.117. The smallest absolute Gasteiger partial charge is 0.240 e. The van der Waals surface area contributed by atoms with Crippen LogP contribution in [-0.4, -0.2) is 41.0 Å². The monoisotopic (exact) mass is 323 g/mol. The van der Waals surface area contributed by atoms with Gasteiger partial charge in [0.05, 0.1) is 11.4 Å². The van der Waals surface area contributed by atoms with E-state index in [0.717, 1.165) is 23.7 Å². The number of hydrogen-bond donors (Lipinski definition) is 2. The van der Waals surface area contributed by atoms with Gasteiger partial charge in [-0.05, 0) is 62.5 Å². The molecule has 22 heavy (non-hydrogen) atoms. The molecule has 2 N–H and O–H groups in total. The summed E-state index contributed by atoms with van der Waals surface area (Å²) in [4.78, 5) is 14.3. The van der Waals surface area contributed by atoms with Crippen LogP contribution in [0.1, 0.15) is 18.4 Å². The van der Waals surface area contributed by atoms with Crippen LogP contribution in [0.15, 0.2) is 23.1 Å². The van der Waals surface area contributed by atoms with Crippen LogP contribution in [-0.2, 0) is 21.2 Å². The van der Waals surface area contributed by atoms with Gasteiger partial charge in [0.15, 0.2) is 0 Å². The highest BCUT2D eigenvalue weighted by Gasteiger charge is 2.27. The minimum absolute atomic E-state index is 0.0450. The number of carbonyl (C=O) groups excluding carboxylic acids is 1. The SMILES string of the molecule is CNS(=O)(=O)c1ccc2c(c1)CCN2C(=O)CNCC1CC1. The van der Waals surface area contributed by atoms with Crippen molar-refractivity contribution in [1.29, 1.82) is 0 Å². The second-order valence-electron chi connectivity index (χ2n) is 5.87. The first-order chi connectivity index (χ1) is 10.5. The molecule has 1 aliphatic carbocycles. The van der Waals surface area contributed by atoms with E-state index in [9.17, 15) is 13.2 Å². The Morgan fingerprint density at radius 1 is 1.36 bits per heavy atom. The number of fused-ring (bicyclic) bond motifs is 1. The molecule has 1 amide bonds. The summed E-state index contributed by atoms with van der Waals surface area (Å²) in [5, 5.41) is 3.20. The van der Waals surface area contributed by atoms with Gasteiger partial charge in [0, 0.05) is 12.2 Å². The van der Waals surface area contributed by atoms with Crippen molar-refractivity contribution in [3.05, 3.63) is 23.8 Å². The lowest BCUT2D eigenvalue weighted by Gasteiger charge is -2.18. The van der Waals surface area contributed by atoms with Crippen molar-refractivity contribution in [1.82, 2.24) is 10.0 Å². The van der Waals surface area contributed by atoms with Gasteiger partial charge in [-0.15, -0.1) is 0 Å². The number of sulfonamides is 1. The first-order valence-corrected chi connectivity index (χ1v) is 9.07. The lowest BCUT2D eigenvalue weighted by atomic mass is 10.2. The topological polar surface area (TPSA) is 78.5 Å². The molecule has 0 atom stereocenters. The van der Waals surface area contributed by atoms with E-state index >= 15 is 0 Å². The maximum absolute atomic E-state index is 12.3. The van der Waals surface area contributed by atoms with Gasteiger partial charge in [0.1, 0.15) is 0 Å². The zero-order valence-electron chi connectivity index (χ0n) is 12.6. The second-order valence-corrected chi connectivity index (χ2v) is 7.75. The average molecular weight is 323 g/mol. The van der Waals surface area contributed by atoms with Gasteiger partial charge in [-0.3, -0.25) is 4.79 Å². The van der Waals surface area contributed by atoms with Crippen LogP contribution in [0.5, 0.6) is 0 Å². The fourth-order valence-corrected chi connectivity index (χ4v) is 3.50. The molecule has 3 rings (SSSR count). The minimum atomic E-state index is -3.44. The highest BCUT2D eigenvalue weighted by molar-refractivity contribution is 7.89. The van der Waals surface area contributed by atoms with E-state index in [4.69, 9.17) is 0 Å². The minimum Gasteiger partial charge on any atom is -0.311 e. The highest BCUT2D eigenvalue weighted by atomic mass is 32.2. The fraction of sp³-hybridized carbons (Fsp3) is 0.533. The summed E-state index contributed by atoms with van der Waals surface area (Å²) in [5.74, 6) is 0.789. The molecule has 2 aliphatic rings. The molecule has 120 valence electrons. The summed E-state index contributed by atoms with van der Waals surface area (Å²) in [6.45, 7) is 1.86. The Hall–Kier alpha value is -1.44. The third kappa shape index (κ3) is 3.16. The second kappa shape index (κ2) is 5.98. The molecule has 0 bridgehead atoms. The predicted octanol–water partition coefficient (Wildman–Crippen LogP) is 0.483. The van der Waals surface area contributed by atoms with Crippen molar-refractivity contribution in [3.8, 4) is 0 Å². The lowest BCUT2D eigenvalue weighted by Crippen LogP contribution is -2.37. The molecule has 0 spiro atoms. The molecule has 7 heteroatoms. The van der Waals surface area contributed by atoms with Crippen LogP contribution in [0.2, 0.25) is 0 Å². The van der Waals surface area contributed by atoms with Gasteiger partial charge in [0.2, 0.25) is 15.9 Å². The molecule has 0 unspecified atom stereocenters. The summed E-state index contributed by atoms with van der Waals surface area (Å²) >= 11 is 0. The molecule has 1 fully saturated rings. The Bertz CT molecular complexity index is 683. The van der Waals surface area contributed by atoms with Gasteiger partial charge in [0.25, 0.3) is 0 Å². The number of anilines is 1. The molecule has 1 saturated carbocycles. The molecule has 0 radical (unpaired) electrons. The number of nitrogens with zero attached hydrogens (tertiary/aromatic N) is 1. The quantitative estimate of drug-likeness (QED) is 0.798. The predicted molar refractivity (Wildman–Crippen MR) is 84.3 cm³/mol. The Kier molecular flexibility index (Phi) is 4.20. The standard InChI is InChI=1S/C15H21N3O3S/c1-16-22(20,21)13-4-5-14-12(8-13)6-7-18(14)15(19)10-17-9-11-2-3-11/h4-5,8,11,16-17H,2-3,6-7,9-10H2,1H3. The van der Waals surface area contributed by atoms with E-state index in [1.165, 1.54) is 19.9 Å². The molecule has 0 saturated heterocycles. The number of amides is 1. The Balaban J connectivity index is 1.70. The first kappa shape index (κ1) is 15.5. The van der Waals surface area contributed by atoms with E-state index < -0.39 is 10.0 Å². The van der Waals surface area contributed by atoms with Crippen LogP contribution >= 0.6 is 0 Å². The van der Waals surface area contributed by atoms with Crippen LogP contribution in [0.3, 0.4) is 0 Å². The van der Waals surface area contributed by atoms with Crippen molar-refractivity contribution in [3.63, 3.8) is 0 Å². The van der Waals surface area contributed by atoms with Gasteiger partial charge >= 0.3 is 0 Å². The maximum Gasteiger partial charge on any atom is 0.240 e. The van der Waals surface area contributed by atoms with Crippen LogP contribution in [0.4, 0.5) is 5.69 Å². The van der Waals surface area contributed by atoms with E-state index in [0.29, 0.717) is 19.5 Å². The fourth-order valence-electron chi connectivity index (χ4n) is 2.72. The average Bonchev–Trinajstić information content (AvgIpc) is 3.23. The van der Waals surface area contributed by atoms with Gasteiger partial charge in [-0.1, -0.05) is 0 Å². The summed E-state index contributed by atoms with van der Waals surface area (Å²) in [6, 6.07) is 4.94. The van der Waals surface area contributed by atoms with Gasteiger partial charge in [-0.25, -0.2) is 13.1 Å². The zero-order valence-corrected chi connectivity index (χ0v) is 13.4. The number of carbonyl (C=O) groups is 1. The molecular weight excluding hydrogens is 302 g/mol. The largest absolute Gasteiger partial charge is 0.311 e. The molecule has 1 aromatic carbocycles. The van der Waals surface area contributed by atoms with Gasteiger partial charge < -0.3 is 10.2 Å². The maximum atomic E-state index is 12.3. The summed E-state index contributed by atoms with van der Waals surface area (Å²) in [7, 11) is -2.05. The van der Waals surface area contributed by atoms with Crippen LogP contribution in [0, 0.1) is 5.92 Å². The van der Waals surface area contributed by atoms with E-state index in [2.05, 4.69) is 10.0 Å². The molecule has 0 aromatic heterocycles. The Morgan fingerprint density at radius 2 is 2.14 bits per heavy atom. The third-order valence-electron chi connectivity index (χ3n) is 4.23. The molecular formula is C15H21N3O3S. The molecule has 6 nitrogen and oxygen atoms in total. The Labute approximate surface area is 130 Å². The van der Waals surface area contributed by atoms with Crippen molar-refractivity contribution in [2.45, 2.75) is 24.2 Å². The van der Waals surface area contributed by atoms with Crippen LogP contribution in [0.25, 0.3) is 0 Å². The third-order valence-corrected chi connectivity index (χ3v) is 5.64. The zero-order chi connectivity index (χ0) is 15.7. The Morgan fingerprint density at radius 3 is 2.82 bits per heavy atom. The normalized spacial score (nSPS) is 17.6. The highest BCUT2D eigenvalue weighted by Crippen LogP contribution is 2.30. The summed E-state index contributed by atoms with van der Waals surface area (Å²) < 4.78 is 26.0. The molecule has 1 heterocycles. The van der Waals surface area contributed by atoms with Crippen molar-refractivity contribution in [2.75, 3.05) is 31.6 Å². The van der Waals surface area contributed by atoms with E-state index in [1.807, 2.05) is 0 Å². The summed E-state index contributed by atoms with van der Waals surface area (Å²) in [6.07, 6.45) is 3.21. The number of benzene rings is 1. The van der Waals surface area contributed by atoms with Crippen molar-refractivity contribution >= 4 is 21.6 Å². The van der Waals surface area contributed by atoms with Crippen LogP contribution < -0.4 is 14.9 Å². The number of hydrogen-bond acceptors (Lipinski definition) is 4. The van der Waals surface area contributed by atoms with E-state index in [1.54, 1.807) is 23.1 Å².